The highest BCUT2D eigenvalue weighted by Crippen LogP contribution is 2.35. The second-order valence-electron chi connectivity index (χ2n) is 3.67. The van der Waals surface area contributed by atoms with Gasteiger partial charge in [0.2, 0.25) is 0 Å². The van der Waals surface area contributed by atoms with Gasteiger partial charge >= 0.3 is 6.18 Å². The van der Waals surface area contributed by atoms with Crippen LogP contribution in [-0.2, 0) is 6.18 Å². The lowest BCUT2D eigenvalue weighted by molar-refractivity contribution is -0.137. The molecule has 98 valence electrons. The first-order chi connectivity index (χ1) is 7.84. The van der Waals surface area contributed by atoms with Crippen LogP contribution in [0.25, 0.3) is 0 Å². The Kier molecular flexibility index (Phi) is 5.23. The van der Waals surface area contributed by atoms with Gasteiger partial charge in [-0.05, 0) is 5.25 Å². The first-order valence-electron chi connectivity index (χ1n) is 4.95. The van der Waals surface area contributed by atoms with E-state index in [-0.39, 0.29) is 6.04 Å². The van der Waals surface area contributed by atoms with Crippen LogP contribution in [0.1, 0.15) is 29.8 Å². The first kappa shape index (κ1) is 14.7. The summed E-state index contributed by atoms with van der Waals surface area (Å²) >= 11 is 2.26. The van der Waals surface area contributed by atoms with Gasteiger partial charge in [-0.2, -0.15) is 24.9 Å². The summed E-state index contributed by atoms with van der Waals surface area (Å²) in [5, 5.41) is -0.428. The maximum Gasteiger partial charge on any atom is 0.443 e. The van der Waals surface area contributed by atoms with E-state index in [4.69, 9.17) is 5.84 Å². The molecular weight excluding hydrogens is 271 g/mol. The molecule has 0 spiro atoms. The van der Waals surface area contributed by atoms with E-state index in [1.165, 1.54) is 6.20 Å². The third-order valence-electron chi connectivity index (χ3n) is 1.91. The van der Waals surface area contributed by atoms with E-state index < -0.39 is 11.2 Å². The third kappa shape index (κ3) is 4.46. The molecule has 0 amide bonds. The molecule has 0 aliphatic rings. The average molecular weight is 285 g/mol. The molecule has 0 bridgehead atoms. The molecule has 1 aromatic heterocycles. The molecular formula is C9H14F3N3S2. The number of aromatic nitrogens is 1. The van der Waals surface area contributed by atoms with E-state index in [1.807, 2.05) is 13.8 Å². The number of nitrogens with two attached hydrogens (primary N) is 1. The zero-order chi connectivity index (χ0) is 13.1. The second-order valence-corrected chi connectivity index (χ2v) is 6.34. The highest BCUT2D eigenvalue weighted by Gasteiger charge is 2.35. The standard InChI is InChI=1S/C9H14F3N3S2/c1-5(2)16-4-6(15-13)7-3-14-8(17-7)9(10,11)12/h3,5-6,15H,4,13H2,1-2H3. The number of halogens is 3. The molecule has 0 radical (unpaired) electrons. The molecule has 3 nitrogen and oxygen atoms in total. The summed E-state index contributed by atoms with van der Waals surface area (Å²) in [5.41, 5.74) is 2.52. The highest BCUT2D eigenvalue weighted by atomic mass is 32.2. The number of hydrogen-bond donors (Lipinski definition) is 2. The maximum atomic E-state index is 12.4. The molecule has 1 heterocycles. The van der Waals surface area contributed by atoms with Crippen LogP contribution in [-0.4, -0.2) is 16.0 Å². The fourth-order valence-corrected chi connectivity index (χ4v) is 2.88. The van der Waals surface area contributed by atoms with Gasteiger partial charge < -0.3 is 0 Å². The van der Waals surface area contributed by atoms with Gasteiger partial charge in [0.25, 0.3) is 0 Å². The SMILES string of the molecule is CC(C)SCC(NN)c1cnc(C(F)(F)F)s1. The van der Waals surface area contributed by atoms with E-state index in [9.17, 15) is 13.2 Å². The van der Waals surface area contributed by atoms with Crippen LogP contribution < -0.4 is 11.3 Å². The minimum Gasteiger partial charge on any atom is -0.271 e. The van der Waals surface area contributed by atoms with E-state index >= 15 is 0 Å². The lowest BCUT2D eigenvalue weighted by Crippen LogP contribution is -2.29. The Morgan fingerprint density at radius 2 is 2.18 bits per heavy atom. The summed E-state index contributed by atoms with van der Waals surface area (Å²) in [6.07, 6.45) is -3.15. The summed E-state index contributed by atoms with van der Waals surface area (Å²) in [4.78, 5) is 3.88. The van der Waals surface area contributed by atoms with Gasteiger partial charge in [0.15, 0.2) is 5.01 Å². The van der Waals surface area contributed by atoms with Crippen molar-refractivity contribution in [3.05, 3.63) is 16.1 Å². The topological polar surface area (TPSA) is 50.9 Å². The van der Waals surface area contributed by atoms with Crippen molar-refractivity contribution >= 4 is 23.1 Å². The molecule has 3 N–H and O–H groups in total. The van der Waals surface area contributed by atoms with Crippen LogP contribution in [0.3, 0.4) is 0 Å². The lowest BCUT2D eigenvalue weighted by atomic mass is 10.3. The van der Waals surface area contributed by atoms with E-state index in [0.29, 0.717) is 27.2 Å². The Labute approximate surface area is 106 Å². The number of nitrogens with one attached hydrogen (secondary N) is 1. The number of hydrazine groups is 1. The molecule has 8 heteroatoms. The van der Waals surface area contributed by atoms with Crippen LogP contribution in [0, 0.1) is 0 Å². The lowest BCUT2D eigenvalue weighted by Gasteiger charge is -2.14. The monoisotopic (exact) mass is 285 g/mol. The predicted octanol–water partition coefficient (Wildman–Crippen LogP) is 2.81. The highest BCUT2D eigenvalue weighted by molar-refractivity contribution is 7.99. The summed E-state index contributed by atoms with van der Waals surface area (Å²) in [6.45, 7) is 4.04. The van der Waals surface area contributed by atoms with Gasteiger partial charge in [-0.25, -0.2) is 4.98 Å². The quantitative estimate of drug-likeness (QED) is 0.645. The number of thiazole rings is 1. The smallest absolute Gasteiger partial charge is 0.271 e. The fraction of sp³-hybridized carbons (Fsp3) is 0.667. The molecule has 0 fully saturated rings. The van der Waals surface area contributed by atoms with Crippen LogP contribution in [0.2, 0.25) is 0 Å². The molecule has 17 heavy (non-hydrogen) atoms. The van der Waals surface area contributed by atoms with E-state index in [2.05, 4.69) is 10.4 Å². The van der Waals surface area contributed by atoms with Crippen LogP contribution in [0.5, 0.6) is 0 Å². The Morgan fingerprint density at radius 1 is 1.53 bits per heavy atom. The summed E-state index contributed by atoms with van der Waals surface area (Å²) in [7, 11) is 0. The molecule has 1 unspecified atom stereocenters. The number of alkyl halides is 3. The number of hydrogen-bond acceptors (Lipinski definition) is 5. The van der Waals surface area contributed by atoms with Gasteiger partial charge in [0.05, 0.1) is 6.04 Å². The average Bonchev–Trinajstić information content (AvgIpc) is 2.67. The maximum absolute atomic E-state index is 12.4. The first-order valence-corrected chi connectivity index (χ1v) is 6.81. The van der Waals surface area contributed by atoms with Crippen molar-refractivity contribution in [2.24, 2.45) is 5.84 Å². The van der Waals surface area contributed by atoms with E-state index in [0.717, 1.165) is 0 Å². The van der Waals surface area contributed by atoms with Gasteiger partial charge in [0.1, 0.15) is 0 Å². The summed E-state index contributed by atoms with van der Waals surface area (Å²) < 4.78 is 37.1. The predicted molar refractivity (Wildman–Crippen MR) is 64.8 cm³/mol. The van der Waals surface area contributed by atoms with Gasteiger partial charge in [-0.1, -0.05) is 13.8 Å². The summed E-state index contributed by atoms with van der Waals surface area (Å²) in [5.74, 6) is 5.96. The summed E-state index contributed by atoms with van der Waals surface area (Å²) in [6, 6.07) is -0.295. The molecule has 0 saturated heterocycles. The largest absolute Gasteiger partial charge is 0.443 e. The molecule has 0 aliphatic carbocycles. The number of nitrogens with zero attached hydrogens (tertiary/aromatic N) is 1. The molecule has 0 saturated carbocycles. The van der Waals surface area contributed by atoms with Crippen LogP contribution in [0.15, 0.2) is 6.20 Å². The minimum atomic E-state index is -4.38. The minimum absolute atomic E-state index is 0.295. The zero-order valence-electron chi connectivity index (χ0n) is 9.41. The zero-order valence-corrected chi connectivity index (χ0v) is 11.0. The van der Waals surface area contributed by atoms with Crippen LogP contribution >= 0.6 is 23.1 Å². The van der Waals surface area contributed by atoms with E-state index in [1.54, 1.807) is 11.8 Å². The van der Waals surface area contributed by atoms with Gasteiger partial charge in [-0.15, -0.1) is 11.3 Å². The Balaban J connectivity index is 2.72. The molecule has 0 aliphatic heterocycles. The van der Waals surface area contributed by atoms with Crippen molar-refractivity contribution in [1.29, 1.82) is 0 Å². The Morgan fingerprint density at radius 3 is 2.59 bits per heavy atom. The van der Waals surface area contributed by atoms with Crippen molar-refractivity contribution in [3.8, 4) is 0 Å². The van der Waals surface area contributed by atoms with Crippen molar-refractivity contribution in [1.82, 2.24) is 10.4 Å². The molecule has 1 aromatic rings. The third-order valence-corrected chi connectivity index (χ3v) is 4.26. The second kappa shape index (κ2) is 6.03. The number of rotatable bonds is 5. The molecule has 1 rings (SSSR count). The van der Waals surface area contributed by atoms with Crippen molar-refractivity contribution in [3.63, 3.8) is 0 Å². The number of thioether (sulfide) groups is 1. The fourth-order valence-electron chi connectivity index (χ4n) is 1.08. The van der Waals surface area contributed by atoms with Gasteiger partial charge in [0, 0.05) is 16.8 Å². The normalized spacial score (nSPS) is 14.3. The van der Waals surface area contributed by atoms with Gasteiger partial charge in [-0.3, -0.25) is 11.3 Å². The van der Waals surface area contributed by atoms with Crippen molar-refractivity contribution in [2.45, 2.75) is 31.3 Å². The molecule has 0 aromatic carbocycles. The van der Waals surface area contributed by atoms with Crippen molar-refractivity contribution in [2.75, 3.05) is 5.75 Å². The van der Waals surface area contributed by atoms with Crippen LogP contribution in [0.4, 0.5) is 13.2 Å². The Bertz CT molecular complexity index is 352. The Hall–Kier alpha value is -0.310. The van der Waals surface area contributed by atoms with Crippen molar-refractivity contribution < 1.29 is 13.2 Å². The molecule has 1 atom stereocenters.